The monoisotopic (exact) mass is 1000 g/mol. The summed E-state index contributed by atoms with van der Waals surface area (Å²) in [5.41, 5.74) is 8.65. The minimum Gasteiger partial charge on any atom is -0.331 e. The molecule has 1 heterocycles. The number of hydrogen-bond acceptors (Lipinski definition) is 7. The molecule has 75 heavy (non-hydrogen) atoms. The molecule has 7 N–H and O–H groups in total. The Morgan fingerprint density at radius 2 is 1.00 bits per heavy atom. The average molecular weight is 1000 g/mol. The van der Waals surface area contributed by atoms with Crippen molar-refractivity contribution in [3.8, 4) is 0 Å². The van der Waals surface area contributed by atoms with E-state index in [0.29, 0.717) is 6.54 Å². The van der Waals surface area contributed by atoms with Gasteiger partial charge in [0, 0.05) is 57.2 Å². The second-order valence-corrected chi connectivity index (χ2v) is 19.4. The molecule has 0 aliphatic carbocycles. The first-order valence-electron chi connectivity index (χ1n) is 26.8. The predicted octanol–water partition coefficient (Wildman–Crippen LogP) is 11.7. The third kappa shape index (κ3) is 16.8. The van der Waals surface area contributed by atoms with Gasteiger partial charge in [-0.15, -0.1) is 0 Å². The Balaban J connectivity index is 0.000000199. The lowest BCUT2D eigenvalue weighted by Gasteiger charge is -2.26. The van der Waals surface area contributed by atoms with Crippen molar-refractivity contribution >= 4 is 45.0 Å². The van der Waals surface area contributed by atoms with Crippen molar-refractivity contribution in [3.63, 3.8) is 0 Å². The average Bonchev–Trinajstić information content (AvgIpc) is 3.44. The van der Waals surface area contributed by atoms with E-state index in [1.165, 1.54) is 27.5 Å². The van der Waals surface area contributed by atoms with Crippen LogP contribution in [0, 0.1) is 0 Å². The smallest absolute Gasteiger partial charge is 0.322 e. The molecule has 9 rings (SSSR count). The lowest BCUT2D eigenvalue weighted by Crippen LogP contribution is -2.40. The summed E-state index contributed by atoms with van der Waals surface area (Å²) in [4.78, 5) is 30.7. The predicted molar refractivity (Wildman–Crippen MR) is 311 cm³/mol. The molecule has 11 nitrogen and oxygen atoms in total. The Bertz CT molecular complexity index is 2950. The van der Waals surface area contributed by atoms with Crippen molar-refractivity contribution in [2.75, 3.05) is 62.6 Å². The maximum atomic E-state index is 13.7. The van der Waals surface area contributed by atoms with Crippen molar-refractivity contribution in [1.29, 1.82) is 0 Å². The van der Waals surface area contributed by atoms with Crippen LogP contribution in [0.3, 0.4) is 0 Å². The van der Waals surface area contributed by atoms with Gasteiger partial charge in [-0.05, 0) is 132 Å². The van der Waals surface area contributed by atoms with Gasteiger partial charge in [-0.2, -0.15) is 0 Å². The number of benzene rings is 8. The van der Waals surface area contributed by atoms with E-state index in [1.807, 2.05) is 104 Å². The summed E-state index contributed by atoms with van der Waals surface area (Å²) in [5.74, 6) is 0. The zero-order valence-electron chi connectivity index (χ0n) is 43.7. The number of carbonyl (C=O) groups is 2. The van der Waals surface area contributed by atoms with Gasteiger partial charge in [0.05, 0.1) is 18.6 Å². The lowest BCUT2D eigenvalue weighted by atomic mass is 10.00. The maximum Gasteiger partial charge on any atom is 0.322 e. The Morgan fingerprint density at radius 3 is 1.63 bits per heavy atom. The second kappa shape index (κ2) is 28.9. The Kier molecular flexibility index (Phi) is 20.8. The van der Waals surface area contributed by atoms with Crippen LogP contribution < -0.4 is 42.1 Å². The first-order chi connectivity index (χ1) is 36.9. The molecule has 0 saturated carbocycles. The number of urea groups is 2. The Morgan fingerprint density at radius 1 is 0.493 bits per heavy atom. The maximum absolute atomic E-state index is 13.7. The molecule has 2 unspecified atom stereocenters. The van der Waals surface area contributed by atoms with Crippen LogP contribution in [0.25, 0.3) is 21.5 Å². The minimum absolute atomic E-state index is 0.104. The fourth-order valence-corrected chi connectivity index (χ4v) is 9.60. The van der Waals surface area contributed by atoms with Crippen LogP contribution in [-0.4, -0.2) is 69.3 Å². The van der Waals surface area contributed by atoms with Gasteiger partial charge in [0.25, 0.3) is 0 Å². The quantitative estimate of drug-likeness (QED) is 0.0579. The number of rotatable bonds is 14. The third-order valence-electron chi connectivity index (χ3n) is 13.7. The molecule has 1 aliphatic heterocycles. The summed E-state index contributed by atoms with van der Waals surface area (Å²) < 4.78 is 0. The molecular formula is C64H75N9O2. The molecule has 388 valence electrons. The normalized spacial score (nSPS) is 14.6. The summed E-state index contributed by atoms with van der Waals surface area (Å²) in [7, 11) is 0. The summed E-state index contributed by atoms with van der Waals surface area (Å²) in [6.45, 7) is 15.4. The van der Waals surface area contributed by atoms with Gasteiger partial charge in [-0.3, -0.25) is 9.80 Å². The molecule has 1 fully saturated rings. The van der Waals surface area contributed by atoms with Gasteiger partial charge in [0.2, 0.25) is 0 Å². The van der Waals surface area contributed by atoms with E-state index in [2.05, 4.69) is 151 Å². The number of amides is 4. The SMILES string of the molecule is CC(NC(=O)N(Cc1ccccc1)c1ccc(CNCc2ccccc2)cc1)c1cccc2ccccc12.CC(NC(=O)Nc1ccc(CN2CCCNCCNCCCNCC2)cc1)c1cccc2ccccc12. The number of fused-ring (bicyclic) bond motifs is 2. The number of nitrogens with zero attached hydrogens (tertiary/aromatic N) is 2. The van der Waals surface area contributed by atoms with Crippen LogP contribution in [0.15, 0.2) is 194 Å². The van der Waals surface area contributed by atoms with Crippen LogP contribution in [0.5, 0.6) is 0 Å². The zero-order chi connectivity index (χ0) is 51.9. The van der Waals surface area contributed by atoms with Gasteiger partial charge < -0.3 is 37.2 Å². The number of carbonyl (C=O) groups excluding carboxylic acids is 2. The van der Waals surface area contributed by atoms with E-state index >= 15 is 0 Å². The fourth-order valence-electron chi connectivity index (χ4n) is 9.60. The van der Waals surface area contributed by atoms with E-state index < -0.39 is 0 Å². The molecule has 8 aromatic rings. The largest absolute Gasteiger partial charge is 0.331 e. The van der Waals surface area contributed by atoms with Gasteiger partial charge in [-0.25, -0.2) is 9.59 Å². The first kappa shape index (κ1) is 53.9. The van der Waals surface area contributed by atoms with E-state index in [0.717, 1.165) is 124 Å². The molecule has 1 saturated heterocycles. The van der Waals surface area contributed by atoms with E-state index in [9.17, 15) is 9.59 Å². The van der Waals surface area contributed by atoms with Crippen molar-refractivity contribution < 1.29 is 9.59 Å². The van der Waals surface area contributed by atoms with E-state index in [1.54, 1.807) is 0 Å². The zero-order valence-corrected chi connectivity index (χ0v) is 43.7. The minimum atomic E-state index is -0.197. The highest BCUT2D eigenvalue weighted by atomic mass is 16.2. The molecule has 1 aliphatic rings. The van der Waals surface area contributed by atoms with Crippen LogP contribution in [-0.2, 0) is 26.2 Å². The third-order valence-corrected chi connectivity index (χ3v) is 13.7. The second-order valence-electron chi connectivity index (χ2n) is 19.4. The summed E-state index contributed by atoms with van der Waals surface area (Å²) in [6, 6.07) is 65.4. The topological polar surface area (TPSA) is 125 Å². The molecule has 0 aromatic heterocycles. The van der Waals surface area contributed by atoms with Crippen LogP contribution in [0.1, 0.15) is 72.2 Å². The number of hydrogen-bond donors (Lipinski definition) is 7. The molecule has 0 spiro atoms. The summed E-state index contributed by atoms with van der Waals surface area (Å²) in [6.07, 6.45) is 2.29. The van der Waals surface area contributed by atoms with Crippen molar-refractivity contribution in [2.45, 2.75) is 65.0 Å². The lowest BCUT2D eigenvalue weighted by molar-refractivity contribution is 0.243. The van der Waals surface area contributed by atoms with Crippen molar-refractivity contribution in [2.24, 2.45) is 0 Å². The molecule has 2 atom stereocenters. The molecule has 0 radical (unpaired) electrons. The van der Waals surface area contributed by atoms with E-state index in [4.69, 9.17) is 0 Å². The van der Waals surface area contributed by atoms with Gasteiger partial charge in [0.15, 0.2) is 0 Å². The summed E-state index contributed by atoms with van der Waals surface area (Å²) >= 11 is 0. The number of nitrogens with one attached hydrogen (secondary N) is 7. The van der Waals surface area contributed by atoms with Crippen molar-refractivity contribution in [3.05, 3.63) is 228 Å². The molecular weight excluding hydrogens is 927 g/mol. The first-order valence-corrected chi connectivity index (χ1v) is 26.8. The number of anilines is 2. The van der Waals surface area contributed by atoms with E-state index in [-0.39, 0.29) is 24.1 Å². The Labute approximate surface area is 444 Å². The Hall–Kier alpha value is -7.38. The summed E-state index contributed by atoms with van der Waals surface area (Å²) in [5, 5.41) is 28.1. The van der Waals surface area contributed by atoms with Crippen LogP contribution >= 0.6 is 0 Å². The standard InChI is InChI=1S/C34H33N3O.C30H42N6O/c1-26(32-18-10-16-30-15-8-9-17-33(30)32)36-34(38)37(25-29-13-6-3-7-14-29)31-21-19-28(20-22-31)24-35-23-27-11-4-2-5-12-27;1-24(28-10-4-8-26-7-2-3-9-29(26)28)34-30(37)35-27-13-11-25(12-14-27)23-36-21-6-17-32-19-18-31-15-5-16-33-20-22-36/h2-22,26,35H,23-25H2,1H3,(H,36,38);2-4,7-14,24,31-33H,5-6,15-23H2,1H3,(H2,34,35,37). The highest BCUT2D eigenvalue weighted by molar-refractivity contribution is 5.93. The molecule has 4 amide bonds. The highest BCUT2D eigenvalue weighted by Crippen LogP contribution is 2.27. The van der Waals surface area contributed by atoms with Gasteiger partial charge in [0.1, 0.15) is 0 Å². The van der Waals surface area contributed by atoms with Gasteiger partial charge in [-0.1, -0.05) is 170 Å². The van der Waals surface area contributed by atoms with Crippen molar-refractivity contribution in [1.82, 2.24) is 36.8 Å². The highest BCUT2D eigenvalue weighted by Gasteiger charge is 2.20. The molecule has 8 aromatic carbocycles. The van der Waals surface area contributed by atoms with Crippen LogP contribution in [0.4, 0.5) is 21.0 Å². The molecule has 11 heteroatoms. The van der Waals surface area contributed by atoms with Crippen LogP contribution in [0.2, 0.25) is 0 Å². The molecule has 0 bridgehead atoms. The fraction of sp³-hybridized carbons (Fsp3) is 0.281. The van der Waals surface area contributed by atoms with Gasteiger partial charge >= 0.3 is 12.1 Å².